The summed E-state index contributed by atoms with van der Waals surface area (Å²) in [6, 6.07) is 27.7. The van der Waals surface area contributed by atoms with Crippen LogP contribution < -0.4 is 4.90 Å². The van der Waals surface area contributed by atoms with Gasteiger partial charge in [-0.3, -0.25) is 4.90 Å². The van der Waals surface area contributed by atoms with Gasteiger partial charge in [0, 0.05) is 32.7 Å². The van der Waals surface area contributed by atoms with Gasteiger partial charge in [-0.05, 0) is 23.3 Å². The Kier molecular flexibility index (Phi) is 7.20. The monoisotopic (exact) mass is 418 g/mol. The summed E-state index contributed by atoms with van der Waals surface area (Å²) in [4.78, 5) is 4.44. The number of hydrogen-bond donors (Lipinski definition) is 2. The number of hydrogen-bond acceptors (Lipinski definition) is 5. The average molecular weight is 419 g/mol. The highest BCUT2D eigenvalue weighted by Gasteiger charge is 2.22. The quantitative estimate of drug-likeness (QED) is 0.585. The Balaban J connectivity index is 1.30. The van der Waals surface area contributed by atoms with Crippen molar-refractivity contribution in [2.24, 2.45) is 0 Å². The van der Waals surface area contributed by atoms with E-state index in [1.165, 1.54) is 0 Å². The molecular formula is C26H30N2O3. The first-order valence-corrected chi connectivity index (χ1v) is 10.9. The molecule has 3 aromatic rings. The van der Waals surface area contributed by atoms with Gasteiger partial charge in [0.05, 0.1) is 18.4 Å². The van der Waals surface area contributed by atoms with Crippen LogP contribution in [0, 0.1) is 0 Å². The van der Waals surface area contributed by atoms with Crippen molar-refractivity contribution in [2.75, 3.05) is 44.2 Å². The summed E-state index contributed by atoms with van der Waals surface area (Å²) in [6.45, 7) is 4.17. The molecule has 5 heteroatoms. The largest absolute Gasteiger partial charge is 0.506 e. The number of ether oxygens (including phenoxy) is 1. The van der Waals surface area contributed by atoms with E-state index in [0.29, 0.717) is 12.3 Å². The van der Waals surface area contributed by atoms with E-state index in [4.69, 9.17) is 4.74 Å². The number of β-amino-alcohol motifs (C(OH)–C–C–N with tert-alkyl or cyclic N) is 1. The van der Waals surface area contributed by atoms with Gasteiger partial charge in [0.15, 0.2) is 0 Å². The number of nitrogens with zero attached hydrogens (tertiary/aromatic N) is 2. The van der Waals surface area contributed by atoms with Crippen LogP contribution >= 0.6 is 0 Å². The number of piperazine rings is 1. The van der Waals surface area contributed by atoms with Crippen molar-refractivity contribution in [3.05, 3.63) is 96.1 Å². The van der Waals surface area contributed by atoms with Gasteiger partial charge < -0.3 is 19.8 Å². The second-order valence-electron chi connectivity index (χ2n) is 7.96. The number of aromatic hydroxyl groups is 1. The zero-order chi connectivity index (χ0) is 21.5. The highest BCUT2D eigenvalue weighted by molar-refractivity contribution is 5.57. The Morgan fingerprint density at radius 1 is 0.742 bits per heavy atom. The lowest BCUT2D eigenvalue weighted by atomic mass is 10.0. The Morgan fingerprint density at radius 2 is 1.29 bits per heavy atom. The smallest absolute Gasteiger partial charge is 0.138 e. The molecule has 3 aromatic carbocycles. The van der Waals surface area contributed by atoms with Crippen LogP contribution in [0.2, 0.25) is 0 Å². The Hall–Kier alpha value is -2.86. The molecule has 0 aromatic heterocycles. The molecule has 1 heterocycles. The van der Waals surface area contributed by atoms with Crippen LogP contribution in [0.5, 0.6) is 5.75 Å². The normalized spacial score (nSPS) is 15.9. The molecule has 1 atom stereocenters. The standard InChI is InChI=1S/C26H30N2O3/c29-23(19-27-15-17-28(18-16-27)24-13-7-8-14-25(24)30)20-31-26(21-9-3-1-4-10-21)22-11-5-2-6-12-22/h1-14,23,26,29-30H,15-20H2/t23-/m1/s1. The first-order chi connectivity index (χ1) is 15.2. The summed E-state index contributed by atoms with van der Waals surface area (Å²) >= 11 is 0. The summed E-state index contributed by atoms with van der Waals surface area (Å²) in [5, 5.41) is 20.7. The predicted octanol–water partition coefficient (Wildman–Crippen LogP) is 3.68. The molecule has 4 rings (SSSR count). The SMILES string of the molecule is Oc1ccccc1N1CCN(C[C@@H](O)COC(c2ccccc2)c2ccccc2)CC1. The lowest BCUT2D eigenvalue weighted by Gasteiger charge is -2.37. The highest BCUT2D eigenvalue weighted by atomic mass is 16.5. The van der Waals surface area contributed by atoms with Crippen LogP contribution in [0.3, 0.4) is 0 Å². The number of aliphatic hydroxyl groups excluding tert-OH is 1. The van der Waals surface area contributed by atoms with Crippen LogP contribution in [-0.4, -0.2) is 60.5 Å². The molecule has 2 N–H and O–H groups in total. The molecule has 162 valence electrons. The van der Waals surface area contributed by atoms with E-state index >= 15 is 0 Å². The zero-order valence-electron chi connectivity index (χ0n) is 17.7. The number of para-hydroxylation sites is 2. The number of phenols is 1. The first-order valence-electron chi connectivity index (χ1n) is 10.9. The van der Waals surface area contributed by atoms with Gasteiger partial charge in [0.2, 0.25) is 0 Å². The molecule has 1 aliphatic heterocycles. The number of benzene rings is 3. The number of rotatable bonds is 8. The molecule has 0 saturated carbocycles. The van der Waals surface area contributed by atoms with Crippen LogP contribution in [0.15, 0.2) is 84.9 Å². The van der Waals surface area contributed by atoms with E-state index in [9.17, 15) is 10.2 Å². The molecule has 0 bridgehead atoms. The molecule has 0 unspecified atom stereocenters. The van der Waals surface area contributed by atoms with Crippen LogP contribution in [0.4, 0.5) is 5.69 Å². The Morgan fingerprint density at radius 3 is 1.87 bits per heavy atom. The van der Waals surface area contributed by atoms with Gasteiger partial charge in [0.25, 0.3) is 0 Å². The molecule has 1 aliphatic rings. The topological polar surface area (TPSA) is 56.2 Å². The fourth-order valence-electron chi connectivity index (χ4n) is 4.10. The summed E-state index contributed by atoms with van der Waals surface area (Å²) in [5.74, 6) is 0.317. The van der Waals surface area contributed by atoms with Gasteiger partial charge in [-0.2, -0.15) is 0 Å². The molecule has 0 radical (unpaired) electrons. The minimum atomic E-state index is -0.563. The third-order valence-electron chi connectivity index (χ3n) is 5.72. The highest BCUT2D eigenvalue weighted by Crippen LogP contribution is 2.28. The Bertz CT molecular complexity index is 888. The second-order valence-corrected chi connectivity index (χ2v) is 7.96. The lowest BCUT2D eigenvalue weighted by molar-refractivity contribution is -0.00894. The van der Waals surface area contributed by atoms with Crippen LogP contribution in [0.25, 0.3) is 0 Å². The third-order valence-corrected chi connectivity index (χ3v) is 5.72. The lowest BCUT2D eigenvalue weighted by Crippen LogP contribution is -2.49. The van der Waals surface area contributed by atoms with Crippen LogP contribution in [0.1, 0.15) is 17.2 Å². The average Bonchev–Trinajstić information content (AvgIpc) is 2.82. The van der Waals surface area contributed by atoms with E-state index < -0.39 is 6.10 Å². The maximum atomic E-state index is 10.7. The zero-order valence-corrected chi connectivity index (χ0v) is 17.7. The fraction of sp³-hybridized carbons (Fsp3) is 0.308. The summed E-state index contributed by atoms with van der Waals surface area (Å²) in [7, 11) is 0. The van der Waals surface area contributed by atoms with Gasteiger partial charge in [-0.1, -0.05) is 72.8 Å². The molecule has 0 amide bonds. The summed E-state index contributed by atoms with van der Waals surface area (Å²) in [5.41, 5.74) is 3.04. The number of aliphatic hydroxyl groups is 1. The van der Waals surface area contributed by atoms with Crippen molar-refractivity contribution in [1.29, 1.82) is 0 Å². The van der Waals surface area contributed by atoms with E-state index in [1.54, 1.807) is 6.07 Å². The van der Waals surface area contributed by atoms with Crippen molar-refractivity contribution in [3.8, 4) is 5.75 Å². The van der Waals surface area contributed by atoms with Gasteiger partial charge >= 0.3 is 0 Å². The molecule has 0 spiro atoms. The molecular weight excluding hydrogens is 388 g/mol. The minimum absolute atomic E-state index is 0.199. The van der Waals surface area contributed by atoms with Crippen molar-refractivity contribution < 1.29 is 14.9 Å². The van der Waals surface area contributed by atoms with Crippen LogP contribution in [-0.2, 0) is 4.74 Å². The first kappa shape index (κ1) is 21.4. The summed E-state index contributed by atoms with van der Waals surface area (Å²) < 4.78 is 6.20. The molecule has 5 nitrogen and oxygen atoms in total. The third kappa shape index (κ3) is 5.64. The number of anilines is 1. The Labute approximate surface area is 184 Å². The van der Waals surface area contributed by atoms with E-state index in [1.807, 2.05) is 54.6 Å². The minimum Gasteiger partial charge on any atom is -0.506 e. The van der Waals surface area contributed by atoms with Gasteiger partial charge in [-0.25, -0.2) is 0 Å². The van der Waals surface area contributed by atoms with Crippen molar-refractivity contribution >= 4 is 5.69 Å². The number of phenolic OH excluding ortho intramolecular Hbond substituents is 1. The van der Waals surface area contributed by atoms with Crippen molar-refractivity contribution in [2.45, 2.75) is 12.2 Å². The molecule has 1 saturated heterocycles. The summed E-state index contributed by atoms with van der Waals surface area (Å²) in [6.07, 6.45) is -0.762. The van der Waals surface area contributed by atoms with Crippen molar-refractivity contribution in [3.63, 3.8) is 0 Å². The van der Waals surface area contributed by atoms with E-state index in [2.05, 4.69) is 34.1 Å². The fourth-order valence-corrected chi connectivity index (χ4v) is 4.10. The second kappa shape index (κ2) is 10.4. The van der Waals surface area contributed by atoms with E-state index in [0.717, 1.165) is 43.0 Å². The molecule has 31 heavy (non-hydrogen) atoms. The maximum absolute atomic E-state index is 10.7. The van der Waals surface area contributed by atoms with Gasteiger partial charge in [0.1, 0.15) is 11.9 Å². The van der Waals surface area contributed by atoms with Gasteiger partial charge in [-0.15, -0.1) is 0 Å². The van der Waals surface area contributed by atoms with E-state index in [-0.39, 0.29) is 12.7 Å². The van der Waals surface area contributed by atoms with Crippen molar-refractivity contribution in [1.82, 2.24) is 4.90 Å². The molecule has 1 fully saturated rings. The predicted molar refractivity (Wildman–Crippen MR) is 123 cm³/mol. The molecule has 0 aliphatic carbocycles. The maximum Gasteiger partial charge on any atom is 0.138 e.